The second-order valence-electron chi connectivity index (χ2n) is 6.91. The van der Waals surface area contributed by atoms with Crippen LogP contribution >= 0.6 is 0 Å². The van der Waals surface area contributed by atoms with Crippen LogP contribution in [0.25, 0.3) is 0 Å². The number of allylic oxidation sites excluding steroid dienone is 3. The molecule has 0 aliphatic rings. The number of esters is 3. The highest BCUT2D eigenvalue weighted by molar-refractivity contribution is 5.88. The number of carbonyl (C=O) groups excluding carboxylic acids is 3. The Labute approximate surface area is 193 Å². The second-order valence-corrected chi connectivity index (χ2v) is 6.91. The van der Waals surface area contributed by atoms with Crippen molar-refractivity contribution in [2.75, 3.05) is 13.2 Å². The van der Waals surface area contributed by atoms with E-state index in [1.54, 1.807) is 13.0 Å². The number of carboxylic acids is 2. The van der Waals surface area contributed by atoms with Crippen molar-refractivity contribution in [1.29, 1.82) is 0 Å². The summed E-state index contributed by atoms with van der Waals surface area (Å²) in [6, 6.07) is 0. The molecule has 0 aromatic rings. The largest absolute Gasteiger partial charge is 0.481 e. The molecule has 0 rings (SSSR count). The quantitative estimate of drug-likeness (QED) is 0.0622. The van der Waals surface area contributed by atoms with Gasteiger partial charge in [-0.1, -0.05) is 18.2 Å². The number of carbonyl (C=O) groups is 5. The summed E-state index contributed by atoms with van der Waals surface area (Å²) in [6.07, 6.45) is -5.14. The Bertz CT molecular complexity index is 788. The summed E-state index contributed by atoms with van der Waals surface area (Å²) in [5, 5.41) is 56.9. The van der Waals surface area contributed by atoms with E-state index in [0.29, 0.717) is 0 Å². The molecule has 0 aromatic carbocycles. The molecule has 192 valence electrons. The SMILES string of the molecule is C/C=C/C=C/C(=O)O[C@@H]([C@H](OC(C)=O)[C@@H](O)CO)[C@@H](CO)OC(=O)CC(O)(CC(=O)O)C(=O)O. The molecule has 0 radical (unpaired) electrons. The molecule has 0 spiro atoms. The third-order valence-corrected chi connectivity index (χ3v) is 4.09. The summed E-state index contributed by atoms with van der Waals surface area (Å²) in [7, 11) is 0. The average Bonchev–Trinajstić information content (AvgIpc) is 2.73. The van der Waals surface area contributed by atoms with Crippen molar-refractivity contribution in [1.82, 2.24) is 0 Å². The van der Waals surface area contributed by atoms with Crippen molar-refractivity contribution in [2.45, 2.75) is 56.7 Å². The van der Waals surface area contributed by atoms with Gasteiger partial charge in [-0.15, -0.1) is 0 Å². The molecule has 1 unspecified atom stereocenters. The van der Waals surface area contributed by atoms with E-state index in [1.807, 2.05) is 0 Å². The van der Waals surface area contributed by atoms with Crippen molar-refractivity contribution in [3.8, 4) is 0 Å². The van der Waals surface area contributed by atoms with Crippen molar-refractivity contribution < 1.29 is 68.8 Å². The average molecular weight is 492 g/mol. The van der Waals surface area contributed by atoms with E-state index in [9.17, 15) is 44.4 Å². The van der Waals surface area contributed by atoms with Crippen LogP contribution in [0.4, 0.5) is 0 Å². The number of aliphatic carboxylic acids is 2. The van der Waals surface area contributed by atoms with Gasteiger partial charge in [0.1, 0.15) is 6.10 Å². The van der Waals surface area contributed by atoms with Crippen LogP contribution in [0.5, 0.6) is 0 Å². The van der Waals surface area contributed by atoms with E-state index in [1.165, 1.54) is 12.2 Å². The van der Waals surface area contributed by atoms with E-state index in [2.05, 4.69) is 0 Å². The van der Waals surface area contributed by atoms with E-state index in [-0.39, 0.29) is 0 Å². The minimum Gasteiger partial charge on any atom is -0.481 e. The number of ether oxygens (including phenoxy) is 3. The van der Waals surface area contributed by atoms with Gasteiger partial charge in [-0.05, 0) is 6.92 Å². The van der Waals surface area contributed by atoms with Gasteiger partial charge in [-0.25, -0.2) is 9.59 Å². The molecule has 0 saturated heterocycles. The predicted octanol–water partition coefficient (Wildman–Crippen LogP) is -2.10. The summed E-state index contributed by atoms with van der Waals surface area (Å²) >= 11 is 0. The van der Waals surface area contributed by atoms with E-state index in [0.717, 1.165) is 13.0 Å². The van der Waals surface area contributed by atoms with Gasteiger partial charge in [0.25, 0.3) is 0 Å². The highest BCUT2D eigenvalue weighted by Gasteiger charge is 2.45. The van der Waals surface area contributed by atoms with E-state index < -0.39 is 85.9 Å². The molecular weight excluding hydrogens is 464 g/mol. The fraction of sp³-hybridized carbons (Fsp3) is 0.550. The first-order valence-corrected chi connectivity index (χ1v) is 9.75. The van der Waals surface area contributed by atoms with Crippen LogP contribution in [0.2, 0.25) is 0 Å². The van der Waals surface area contributed by atoms with Gasteiger partial charge in [-0.3, -0.25) is 14.4 Å². The van der Waals surface area contributed by atoms with Crippen LogP contribution in [-0.4, -0.2) is 104 Å². The van der Waals surface area contributed by atoms with Crippen LogP contribution in [0.1, 0.15) is 26.7 Å². The molecule has 0 amide bonds. The van der Waals surface area contributed by atoms with Crippen molar-refractivity contribution in [3.63, 3.8) is 0 Å². The normalized spacial score (nSPS) is 16.8. The van der Waals surface area contributed by atoms with Crippen molar-refractivity contribution in [2.24, 2.45) is 0 Å². The first-order chi connectivity index (χ1) is 15.8. The van der Waals surface area contributed by atoms with Crippen LogP contribution in [0.15, 0.2) is 24.3 Å². The van der Waals surface area contributed by atoms with Gasteiger partial charge in [0.05, 0.1) is 26.1 Å². The molecule has 0 fully saturated rings. The van der Waals surface area contributed by atoms with Crippen LogP contribution in [0.3, 0.4) is 0 Å². The summed E-state index contributed by atoms with van der Waals surface area (Å²) in [5.74, 6) is -7.42. The first kappa shape index (κ1) is 30.7. The summed E-state index contributed by atoms with van der Waals surface area (Å²) in [5.41, 5.74) is -3.07. The van der Waals surface area contributed by atoms with Crippen LogP contribution in [-0.2, 0) is 38.2 Å². The van der Waals surface area contributed by atoms with Crippen LogP contribution < -0.4 is 0 Å². The number of carboxylic acid groups (broad SMARTS) is 2. The topological polar surface area (TPSA) is 234 Å². The molecule has 0 bridgehead atoms. The van der Waals surface area contributed by atoms with Crippen molar-refractivity contribution >= 4 is 29.8 Å². The monoisotopic (exact) mass is 492 g/mol. The van der Waals surface area contributed by atoms with Gasteiger partial charge in [0.15, 0.2) is 23.9 Å². The first-order valence-electron chi connectivity index (χ1n) is 9.75. The van der Waals surface area contributed by atoms with E-state index in [4.69, 9.17) is 24.4 Å². The Balaban J connectivity index is 6.01. The lowest BCUT2D eigenvalue weighted by Crippen LogP contribution is -2.53. The molecule has 0 heterocycles. The smallest absolute Gasteiger partial charge is 0.336 e. The van der Waals surface area contributed by atoms with Crippen molar-refractivity contribution in [3.05, 3.63) is 24.3 Å². The summed E-state index contributed by atoms with van der Waals surface area (Å²) in [4.78, 5) is 58.0. The molecule has 34 heavy (non-hydrogen) atoms. The maximum absolute atomic E-state index is 12.3. The Hall–Kier alpha value is -3.33. The third kappa shape index (κ3) is 10.5. The Morgan fingerprint density at radius 3 is 1.97 bits per heavy atom. The maximum atomic E-state index is 12.3. The fourth-order valence-corrected chi connectivity index (χ4v) is 2.55. The lowest BCUT2D eigenvalue weighted by molar-refractivity contribution is -0.199. The summed E-state index contributed by atoms with van der Waals surface area (Å²) in [6.45, 7) is 0.435. The van der Waals surface area contributed by atoms with E-state index >= 15 is 0 Å². The third-order valence-electron chi connectivity index (χ3n) is 4.09. The van der Waals surface area contributed by atoms with Gasteiger partial charge in [-0.2, -0.15) is 0 Å². The fourth-order valence-electron chi connectivity index (χ4n) is 2.55. The molecule has 0 saturated carbocycles. The lowest BCUT2D eigenvalue weighted by Gasteiger charge is -2.33. The molecule has 14 heteroatoms. The number of hydrogen-bond donors (Lipinski definition) is 6. The Kier molecular flexibility index (Phi) is 13.3. The molecule has 5 atom stereocenters. The predicted molar refractivity (Wildman–Crippen MR) is 109 cm³/mol. The number of rotatable bonds is 15. The highest BCUT2D eigenvalue weighted by Crippen LogP contribution is 2.21. The Morgan fingerprint density at radius 2 is 1.53 bits per heavy atom. The Morgan fingerprint density at radius 1 is 0.912 bits per heavy atom. The molecule has 0 aliphatic carbocycles. The standard InChI is InChI=1S/C20H28O14/c1-3-4-5-6-15(27)34-18(17(12(24)9-21)32-11(2)23)13(10-22)33-16(28)8-20(31,19(29)30)7-14(25)26/h3-6,12-13,17-18,21-22,24,31H,7-10H2,1-2H3,(H,25,26)(H,29,30)/b4-3+,6-5+/t12-,13+,17+,18+,20?/m0/s1. The zero-order chi connectivity index (χ0) is 26.5. The lowest BCUT2D eigenvalue weighted by atomic mass is 9.95. The van der Waals surface area contributed by atoms with Gasteiger partial charge < -0.3 is 44.8 Å². The van der Waals surface area contributed by atoms with Gasteiger partial charge in [0, 0.05) is 13.0 Å². The summed E-state index contributed by atoms with van der Waals surface area (Å²) < 4.78 is 14.8. The number of hydrogen-bond acceptors (Lipinski definition) is 12. The number of aliphatic hydroxyl groups excluding tert-OH is 3. The molecular formula is C20H28O14. The van der Waals surface area contributed by atoms with Gasteiger partial charge >= 0.3 is 29.8 Å². The second kappa shape index (κ2) is 14.7. The van der Waals surface area contributed by atoms with Crippen LogP contribution in [0, 0.1) is 0 Å². The molecule has 0 aliphatic heterocycles. The molecule has 14 nitrogen and oxygen atoms in total. The van der Waals surface area contributed by atoms with Gasteiger partial charge in [0.2, 0.25) is 0 Å². The molecule has 6 N–H and O–H groups in total. The highest BCUT2D eigenvalue weighted by atomic mass is 16.6. The number of aliphatic hydroxyl groups is 4. The minimum atomic E-state index is -3.07. The zero-order valence-corrected chi connectivity index (χ0v) is 18.4. The molecule has 0 aromatic heterocycles. The maximum Gasteiger partial charge on any atom is 0.336 e. The zero-order valence-electron chi connectivity index (χ0n) is 18.4. The minimum absolute atomic E-state index is 0.898.